The maximum absolute atomic E-state index is 13.4. The lowest BCUT2D eigenvalue weighted by Gasteiger charge is -2.39. The monoisotopic (exact) mass is 376 g/mol. The molecule has 146 valence electrons. The fourth-order valence-corrected chi connectivity index (χ4v) is 3.33. The summed E-state index contributed by atoms with van der Waals surface area (Å²) in [6, 6.07) is 8.03. The molecule has 1 saturated heterocycles. The molecule has 27 heavy (non-hydrogen) atoms. The number of alkyl halides is 2. The maximum Gasteiger partial charge on any atom is 0.321 e. The number of halogens is 2. The molecule has 2 amide bonds. The fourth-order valence-electron chi connectivity index (χ4n) is 3.33. The van der Waals surface area contributed by atoms with E-state index in [2.05, 4.69) is 41.6 Å². The van der Waals surface area contributed by atoms with Crippen LogP contribution >= 0.6 is 0 Å². The van der Waals surface area contributed by atoms with Gasteiger partial charge in [-0.3, -0.25) is 4.68 Å². The van der Waals surface area contributed by atoms with Crippen molar-refractivity contribution in [2.24, 2.45) is 11.8 Å². The first-order valence-corrected chi connectivity index (χ1v) is 9.28. The summed E-state index contributed by atoms with van der Waals surface area (Å²) in [5.74, 6) is 0.584. The van der Waals surface area contributed by atoms with Gasteiger partial charge in [0, 0.05) is 19.6 Å². The number of aryl methyl sites for hydroxylation is 1. The van der Waals surface area contributed by atoms with Gasteiger partial charge >= 0.3 is 6.03 Å². The molecule has 1 aliphatic heterocycles. The zero-order valence-electron chi connectivity index (χ0n) is 16.0. The first-order chi connectivity index (χ1) is 12.8. The Bertz CT molecular complexity index is 780. The molecule has 1 aromatic carbocycles. The molecule has 2 aromatic rings. The Morgan fingerprint density at radius 2 is 1.93 bits per heavy atom. The molecule has 0 saturated carbocycles. The van der Waals surface area contributed by atoms with Gasteiger partial charge in [-0.05, 0) is 30.7 Å². The Morgan fingerprint density at radius 1 is 1.26 bits per heavy atom. The summed E-state index contributed by atoms with van der Waals surface area (Å²) in [5.41, 5.74) is 2.34. The van der Waals surface area contributed by atoms with Crippen molar-refractivity contribution in [3.05, 3.63) is 47.3 Å². The van der Waals surface area contributed by atoms with Crippen LogP contribution in [0.25, 0.3) is 0 Å². The molecule has 7 heteroatoms. The predicted molar refractivity (Wildman–Crippen MR) is 101 cm³/mol. The number of amides is 2. The van der Waals surface area contributed by atoms with Gasteiger partial charge < -0.3 is 10.2 Å². The highest BCUT2D eigenvalue weighted by Crippen LogP contribution is 2.29. The van der Waals surface area contributed by atoms with E-state index >= 15 is 0 Å². The van der Waals surface area contributed by atoms with Crippen LogP contribution in [0.2, 0.25) is 0 Å². The number of hydrogen-bond acceptors (Lipinski definition) is 2. The average molecular weight is 376 g/mol. The molecule has 5 nitrogen and oxygen atoms in total. The van der Waals surface area contributed by atoms with Gasteiger partial charge in [0.1, 0.15) is 5.69 Å². The Kier molecular flexibility index (Phi) is 5.77. The van der Waals surface area contributed by atoms with E-state index in [1.54, 1.807) is 4.90 Å². The number of urea groups is 1. The Hall–Kier alpha value is -2.44. The third-order valence-electron chi connectivity index (χ3n) is 4.76. The zero-order chi connectivity index (χ0) is 19.6. The minimum Gasteiger partial charge on any atom is -0.324 e. The molecule has 0 spiro atoms. The first-order valence-electron chi connectivity index (χ1n) is 9.28. The highest BCUT2D eigenvalue weighted by atomic mass is 19.3. The first kappa shape index (κ1) is 19.3. The highest BCUT2D eigenvalue weighted by molar-refractivity contribution is 5.90. The Morgan fingerprint density at radius 3 is 2.52 bits per heavy atom. The van der Waals surface area contributed by atoms with Crippen LogP contribution in [0.15, 0.2) is 30.5 Å². The van der Waals surface area contributed by atoms with Crippen LogP contribution in [0.5, 0.6) is 0 Å². The number of carbonyl (C=O) groups is 1. The third kappa shape index (κ3) is 4.64. The van der Waals surface area contributed by atoms with Gasteiger partial charge in [0.2, 0.25) is 0 Å². The normalized spacial score (nSPS) is 14.7. The van der Waals surface area contributed by atoms with Gasteiger partial charge in [-0.15, -0.1) is 0 Å². The molecular weight excluding hydrogens is 350 g/mol. The van der Waals surface area contributed by atoms with Crippen molar-refractivity contribution in [3.63, 3.8) is 0 Å². The van der Waals surface area contributed by atoms with Crippen LogP contribution in [-0.4, -0.2) is 33.8 Å². The number of anilines is 1. The van der Waals surface area contributed by atoms with Gasteiger partial charge in [0.15, 0.2) is 0 Å². The number of carbonyl (C=O) groups excluding carboxylic acids is 1. The lowest BCUT2D eigenvalue weighted by molar-refractivity contribution is 0.130. The molecule has 1 N–H and O–H groups in total. The highest BCUT2D eigenvalue weighted by Gasteiger charge is 2.32. The number of hydrogen-bond donors (Lipinski definition) is 1. The second kappa shape index (κ2) is 8.06. The molecule has 1 aliphatic rings. The average Bonchev–Trinajstić information content (AvgIpc) is 2.93. The van der Waals surface area contributed by atoms with Crippen molar-refractivity contribution in [2.75, 3.05) is 18.4 Å². The van der Waals surface area contributed by atoms with Crippen molar-refractivity contribution in [2.45, 2.75) is 40.2 Å². The zero-order valence-corrected chi connectivity index (χ0v) is 16.0. The molecule has 2 heterocycles. The molecule has 0 unspecified atom stereocenters. The molecule has 3 rings (SSSR count). The largest absolute Gasteiger partial charge is 0.324 e. The summed E-state index contributed by atoms with van der Waals surface area (Å²) in [4.78, 5) is 14.0. The van der Waals surface area contributed by atoms with E-state index in [9.17, 15) is 13.6 Å². The molecule has 1 aromatic heterocycles. The SMILES string of the molecule is Cc1ccc(CC2CN(C(=O)Nc3cnn(CC(C)C)c3C(F)F)C2)cc1. The number of benzene rings is 1. The topological polar surface area (TPSA) is 50.2 Å². The minimum atomic E-state index is -2.69. The Labute approximate surface area is 158 Å². The summed E-state index contributed by atoms with van der Waals surface area (Å²) in [5, 5.41) is 6.62. The van der Waals surface area contributed by atoms with Crippen LogP contribution < -0.4 is 5.32 Å². The number of rotatable bonds is 6. The minimum absolute atomic E-state index is 0.0950. The van der Waals surface area contributed by atoms with E-state index in [0.717, 1.165) is 6.42 Å². The van der Waals surface area contributed by atoms with E-state index in [-0.39, 0.29) is 23.3 Å². The van der Waals surface area contributed by atoms with Crippen LogP contribution in [0, 0.1) is 18.8 Å². The van der Waals surface area contributed by atoms with Crippen molar-refractivity contribution >= 4 is 11.7 Å². The molecule has 0 bridgehead atoms. The lowest BCUT2D eigenvalue weighted by Crippen LogP contribution is -2.52. The van der Waals surface area contributed by atoms with Crippen molar-refractivity contribution in [1.82, 2.24) is 14.7 Å². The van der Waals surface area contributed by atoms with E-state index in [0.29, 0.717) is 25.6 Å². The summed E-state index contributed by atoms with van der Waals surface area (Å²) in [6.07, 6.45) is -0.462. The van der Waals surface area contributed by atoms with Gasteiger partial charge in [-0.25, -0.2) is 13.6 Å². The van der Waals surface area contributed by atoms with E-state index in [1.807, 2.05) is 13.8 Å². The number of likely N-dealkylation sites (tertiary alicyclic amines) is 1. The standard InChI is InChI=1S/C20H26F2N4O/c1-13(2)10-26-18(19(21)22)17(9-23-26)24-20(27)25-11-16(12-25)8-15-6-4-14(3)5-7-15/h4-7,9,13,16,19H,8,10-12H2,1-3H3,(H,24,27). The lowest BCUT2D eigenvalue weighted by atomic mass is 9.92. The van der Waals surface area contributed by atoms with Gasteiger partial charge in [-0.2, -0.15) is 5.10 Å². The molecule has 1 fully saturated rings. The second-order valence-corrected chi connectivity index (χ2v) is 7.71. The number of nitrogens with zero attached hydrogens (tertiary/aromatic N) is 3. The van der Waals surface area contributed by atoms with E-state index < -0.39 is 6.43 Å². The summed E-state index contributed by atoms with van der Waals surface area (Å²) in [7, 11) is 0. The fraction of sp³-hybridized carbons (Fsp3) is 0.500. The van der Waals surface area contributed by atoms with Gasteiger partial charge in [-0.1, -0.05) is 43.7 Å². The van der Waals surface area contributed by atoms with Crippen LogP contribution in [0.1, 0.15) is 37.1 Å². The smallest absolute Gasteiger partial charge is 0.321 e. The van der Waals surface area contributed by atoms with Gasteiger partial charge in [0.25, 0.3) is 6.43 Å². The summed E-state index contributed by atoms with van der Waals surface area (Å²) in [6.45, 7) is 7.56. The molecule has 0 atom stereocenters. The third-order valence-corrected chi connectivity index (χ3v) is 4.76. The molecule has 0 aliphatic carbocycles. The predicted octanol–water partition coefficient (Wildman–Crippen LogP) is 4.49. The number of nitrogens with one attached hydrogen (secondary N) is 1. The van der Waals surface area contributed by atoms with Crippen LogP contribution in [0.4, 0.5) is 19.3 Å². The van der Waals surface area contributed by atoms with Crippen molar-refractivity contribution < 1.29 is 13.6 Å². The van der Waals surface area contributed by atoms with Crippen LogP contribution in [-0.2, 0) is 13.0 Å². The maximum atomic E-state index is 13.4. The van der Waals surface area contributed by atoms with Crippen LogP contribution in [0.3, 0.4) is 0 Å². The Balaban J connectivity index is 1.56. The molecule has 0 radical (unpaired) electrons. The number of aromatic nitrogens is 2. The molecular formula is C20H26F2N4O. The summed E-state index contributed by atoms with van der Waals surface area (Å²) >= 11 is 0. The summed E-state index contributed by atoms with van der Waals surface area (Å²) < 4.78 is 28.1. The second-order valence-electron chi connectivity index (χ2n) is 7.71. The van der Waals surface area contributed by atoms with E-state index in [1.165, 1.54) is 22.0 Å². The van der Waals surface area contributed by atoms with Crippen molar-refractivity contribution in [3.8, 4) is 0 Å². The quantitative estimate of drug-likeness (QED) is 0.807. The van der Waals surface area contributed by atoms with Crippen molar-refractivity contribution in [1.29, 1.82) is 0 Å². The van der Waals surface area contributed by atoms with Gasteiger partial charge in [0.05, 0.1) is 11.9 Å². The van der Waals surface area contributed by atoms with E-state index in [4.69, 9.17) is 0 Å².